The lowest BCUT2D eigenvalue weighted by Gasteiger charge is -2.20. The summed E-state index contributed by atoms with van der Waals surface area (Å²) >= 11 is 1.50. The molecule has 132 valence electrons. The Labute approximate surface area is 155 Å². The van der Waals surface area contributed by atoms with Crippen LogP contribution in [0.15, 0.2) is 52.9 Å². The van der Waals surface area contributed by atoms with E-state index in [4.69, 9.17) is 14.2 Å². The Morgan fingerprint density at radius 1 is 1.19 bits per heavy atom. The zero-order valence-electron chi connectivity index (χ0n) is 14.1. The van der Waals surface area contributed by atoms with Gasteiger partial charge in [-0.1, -0.05) is 30.3 Å². The molecule has 4 rings (SSSR count). The molecule has 1 aromatic heterocycles. The number of hydrazone groups is 1. The fourth-order valence-corrected chi connectivity index (χ4v) is 3.27. The Bertz CT molecular complexity index is 908. The maximum atomic E-state index is 5.63. The summed E-state index contributed by atoms with van der Waals surface area (Å²) < 4.78 is 16.6. The second-order valence-corrected chi connectivity index (χ2v) is 6.38. The highest BCUT2D eigenvalue weighted by Gasteiger charge is 2.17. The molecular weight excluding hydrogens is 350 g/mol. The average molecular weight is 367 g/mol. The fraction of sp³-hybridized carbons (Fsp3) is 0.158. The number of ether oxygens (including phenoxy) is 3. The summed E-state index contributed by atoms with van der Waals surface area (Å²) in [6.45, 7) is 1.04. The summed E-state index contributed by atoms with van der Waals surface area (Å²) in [5.74, 6) is 1.93. The molecule has 0 unspecified atom stereocenters. The van der Waals surface area contributed by atoms with Crippen LogP contribution in [0.25, 0.3) is 11.3 Å². The van der Waals surface area contributed by atoms with E-state index in [0.29, 0.717) is 30.5 Å². The first-order valence-electron chi connectivity index (χ1n) is 8.11. The number of hydrogen-bond acceptors (Lipinski definition) is 7. The minimum absolute atomic E-state index is 0.520. The molecular formula is C19H17N3O3S. The first-order chi connectivity index (χ1) is 12.8. The van der Waals surface area contributed by atoms with Crippen molar-refractivity contribution in [3.8, 4) is 28.5 Å². The van der Waals surface area contributed by atoms with Crippen molar-refractivity contribution in [1.82, 2.24) is 4.98 Å². The van der Waals surface area contributed by atoms with Crippen molar-refractivity contribution >= 4 is 22.7 Å². The van der Waals surface area contributed by atoms with E-state index in [1.165, 1.54) is 11.3 Å². The number of nitrogens with one attached hydrogen (secondary N) is 1. The lowest BCUT2D eigenvalue weighted by Crippen LogP contribution is -2.16. The number of hydrogen-bond donors (Lipinski definition) is 1. The van der Waals surface area contributed by atoms with Gasteiger partial charge in [-0.3, -0.25) is 5.43 Å². The number of benzene rings is 2. The van der Waals surface area contributed by atoms with Gasteiger partial charge in [0.25, 0.3) is 0 Å². The third-order valence-electron chi connectivity index (χ3n) is 3.80. The van der Waals surface area contributed by atoms with Gasteiger partial charge in [0.2, 0.25) is 10.9 Å². The van der Waals surface area contributed by atoms with Crippen LogP contribution in [-0.4, -0.2) is 31.5 Å². The van der Waals surface area contributed by atoms with Crippen LogP contribution in [-0.2, 0) is 0 Å². The van der Waals surface area contributed by atoms with Crippen LogP contribution < -0.4 is 19.6 Å². The fourth-order valence-electron chi connectivity index (χ4n) is 2.60. The lowest BCUT2D eigenvalue weighted by atomic mass is 10.2. The van der Waals surface area contributed by atoms with Gasteiger partial charge in [-0.2, -0.15) is 5.10 Å². The van der Waals surface area contributed by atoms with Crippen LogP contribution in [0.4, 0.5) is 5.13 Å². The smallest absolute Gasteiger partial charge is 0.203 e. The predicted molar refractivity (Wildman–Crippen MR) is 103 cm³/mol. The Balaban J connectivity index is 1.48. The van der Waals surface area contributed by atoms with Crippen LogP contribution in [0.1, 0.15) is 5.56 Å². The number of aromatic nitrogens is 1. The van der Waals surface area contributed by atoms with Crippen LogP contribution in [0.5, 0.6) is 17.2 Å². The van der Waals surface area contributed by atoms with Crippen LogP contribution in [0.3, 0.4) is 0 Å². The molecule has 0 aliphatic carbocycles. The maximum absolute atomic E-state index is 5.63. The van der Waals surface area contributed by atoms with E-state index in [0.717, 1.165) is 22.0 Å². The van der Waals surface area contributed by atoms with Crippen molar-refractivity contribution in [3.05, 3.63) is 53.4 Å². The van der Waals surface area contributed by atoms with Gasteiger partial charge in [0.05, 0.1) is 19.0 Å². The Morgan fingerprint density at radius 2 is 2.04 bits per heavy atom. The highest BCUT2D eigenvalue weighted by atomic mass is 32.1. The standard InChI is InChI=1S/C19H17N3O3S/c1-23-16-9-13(10-17-18(16)25-8-7-24-17)11-20-22-19-21-15(12-26-19)14-5-3-2-4-6-14/h2-6,9-12H,7-8H2,1H3,(H,21,22)/b20-11-. The van der Waals surface area contributed by atoms with E-state index < -0.39 is 0 Å². The number of rotatable bonds is 5. The lowest BCUT2D eigenvalue weighted by molar-refractivity contribution is 0.165. The summed E-state index contributed by atoms with van der Waals surface area (Å²) in [6, 6.07) is 13.8. The Hall–Kier alpha value is -3.06. The summed E-state index contributed by atoms with van der Waals surface area (Å²) in [6.07, 6.45) is 1.70. The van der Waals surface area contributed by atoms with Crippen molar-refractivity contribution in [2.75, 3.05) is 25.7 Å². The molecule has 2 aromatic carbocycles. The highest BCUT2D eigenvalue weighted by molar-refractivity contribution is 7.14. The van der Waals surface area contributed by atoms with Crippen molar-refractivity contribution in [3.63, 3.8) is 0 Å². The molecule has 0 atom stereocenters. The monoisotopic (exact) mass is 367 g/mol. The average Bonchev–Trinajstić information content (AvgIpc) is 3.17. The first-order valence-corrected chi connectivity index (χ1v) is 8.99. The van der Waals surface area contributed by atoms with Crippen LogP contribution in [0.2, 0.25) is 0 Å². The van der Waals surface area contributed by atoms with E-state index in [2.05, 4.69) is 15.5 Å². The molecule has 7 heteroatoms. The zero-order chi connectivity index (χ0) is 17.8. The molecule has 1 N–H and O–H groups in total. The minimum atomic E-state index is 0.520. The van der Waals surface area contributed by atoms with Crippen molar-refractivity contribution in [2.24, 2.45) is 5.10 Å². The summed E-state index contributed by atoms with van der Waals surface area (Å²) in [5.41, 5.74) is 5.82. The van der Waals surface area contributed by atoms with Crippen molar-refractivity contribution in [2.45, 2.75) is 0 Å². The summed E-state index contributed by atoms with van der Waals surface area (Å²) in [7, 11) is 1.60. The van der Waals surface area contributed by atoms with Gasteiger partial charge < -0.3 is 14.2 Å². The van der Waals surface area contributed by atoms with Gasteiger partial charge in [-0.25, -0.2) is 4.98 Å². The molecule has 2 heterocycles. The normalized spacial score (nSPS) is 13.0. The first kappa shape index (κ1) is 16.4. The molecule has 26 heavy (non-hydrogen) atoms. The third kappa shape index (κ3) is 3.48. The minimum Gasteiger partial charge on any atom is -0.493 e. The summed E-state index contributed by atoms with van der Waals surface area (Å²) in [5, 5.41) is 6.99. The molecule has 0 bridgehead atoms. The molecule has 0 fully saturated rings. The molecule has 3 aromatic rings. The maximum Gasteiger partial charge on any atom is 0.203 e. The van der Waals surface area contributed by atoms with E-state index in [1.54, 1.807) is 13.3 Å². The van der Waals surface area contributed by atoms with E-state index in [-0.39, 0.29) is 0 Å². The van der Waals surface area contributed by atoms with E-state index in [1.807, 2.05) is 47.8 Å². The number of thiazole rings is 1. The Morgan fingerprint density at radius 3 is 2.88 bits per heavy atom. The van der Waals surface area contributed by atoms with Crippen molar-refractivity contribution in [1.29, 1.82) is 0 Å². The number of anilines is 1. The largest absolute Gasteiger partial charge is 0.493 e. The Kier molecular flexibility index (Phi) is 4.70. The molecule has 0 saturated heterocycles. The van der Waals surface area contributed by atoms with Crippen molar-refractivity contribution < 1.29 is 14.2 Å². The van der Waals surface area contributed by atoms with E-state index in [9.17, 15) is 0 Å². The SMILES string of the molecule is COc1cc(/C=N\Nc2nc(-c3ccccc3)cs2)cc2c1OCCO2. The molecule has 0 amide bonds. The topological polar surface area (TPSA) is 65.0 Å². The number of fused-ring (bicyclic) bond motifs is 1. The van der Waals surface area contributed by atoms with Gasteiger partial charge in [0, 0.05) is 16.5 Å². The van der Waals surface area contributed by atoms with Gasteiger partial charge in [0.15, 0.2) is 11.5 Å². The number of nitrogens with zero attached hydrogens (tertiary/aromatic N) is 2. The molecule has 0 spiro atoms. The van der Waals surface area contributed by atoms with E-state index >= 15 is 0 Å². The molecule has 1 aliphatic heterocycles. The second kappa shape index (κ2) is 7.45. The summed E-state index contributed by atoms with van der Waals surface area (Å²) in [4.78, 5) is 4.54. The highest BCUT2D eigenvalue weighted by Crippen LogP contribution is 2.40. The zero-order valence-corrected chi connectivity index (χ0v) is 15.0. The quantitative estimate of drug-likeness (QED) is 0.545. The second-order valence-electron chi connectivity index (χ2n) is 5.52. The van der Waals surface area contributed by atoms with Gasteiger partial charge >= 0.3 is 0 Å². The molecule has 1 aliphatic rings. The van der Waals surface area contributed by atoms with Crippen LogP contribution >= 0.6 is 11.3 Å². The van der Waals surface area contributed by atoms with Crippen LogP contribution in [0, 0.1) is 0 Å². The predicted octanol–water partition coefficient (Wildman–Crippen LogP) is 4.04. The molecule has 0 saturated carbocycles. The molecule has 0 radical (unpaired) electrons. The number of methoxy groups -OCH3 is 1. The molecule has 6 nitrogen and oxygen atoms in total. The van der Waals surface area contributed by atoms with Gasteiger partial charge in [-0.05, 0) is 12.1 Å². The third-order valence-corrected chi connectivity index (χ3v) is 4.54. The van der Waals surface area contributed by atoms with Gasteiger partial charge in [-0.15, -0.1) is 11.3 Å². The van der Waals surface area contributed by atoms with Gasteiger partial charge in [0.1, 0.15) is 13.2 Å².